The molecule has 0 aliphatic carbocycles. The fourth-order valence-corrected chi connectivity index (χ4v) is 1.70. The van der Waals surface area contributed by atoms with Crippen molar-refractivity contribution < 1.29 is 4.79 Å². The number of rotatable bonds is 4. The molecule has 16 heavy (non-hydrogen) atoms. The minimum atomic E-state index is -1.00. The third-order valence-electron chi connectivity index (χ3n) is 2.54. The number of aromatic amines is 1. The maximum absolute atomic E-state index is 10.9. The first-order valence-electron chi connectivity index (χ1n) is 4.89. The molecule has 1 aromatic carbocycles. The normalized spacial score (nSPS) is 12.5. The van der Waals surface area contributed by atoms with E-state index in [2.05, 4.69) is 10.2 Å². The SMILES string of the molecule is NC(=O)[C@H](Cc1c[nH]c2ccccc12)N=O. The van der Waals surface area contributed by atoms with Gasteiger partial charge in [-0.05, 0) is 11.6 Å². The fourth-order valence-electron chi connectivity index (χ4n) is 1.70. The molecule has 5 heteroatoms. The maximum atomic E-state index is 10.9. The molecule has 1 aromatic heterocycles. The molecule has 2 rings (SSSR count). The molecule has 0 saturated heterocycles. The zero-order valence-corrected chi connectivity index (χ0v) is 8.51. The van der Waals surface area contributed by atoms with E-state index in [0.29, 0.717) is 0 Å². The molecule has 0 unspecified atom stereocenters. The molecule has 0 spiro atoms. The monoisotopic (exact) mass is 217 g/mol. The molecular weight excluding hydrogens is 206 g/mol. The Morgan fingerprint density at radius 1 is 1.44 bits per heavy atom. The van der Waals surface area contributed by atoms with E-state index in [1.54, 1.807) is 6.20 Å². The number of para-hydroxylation sites is 1. The number of nitrogens with one attached hydrogen (secondary N) is 1. The van der Waals surface area contributed by atoms with Crippen molar-refractivity contribution in [1.29, 1.82) is 0 Å². The van der Waals surface area contributed by atoms with E-state index >= 15 is 0 Å². The number of primary amides is 1. The fraction of sp³-hybridized carbons (Fsp3) is 0.182. The van der Waals surface area contributed by atoms with E-state index in [9.17, 15) is 9.70 Å². The number of carbonyl (C=O) groups is 1. The highest BCUT2D eigenvalue weighted by molar-refractivity contribution is 5.85. The summed E-state index contributed by atoms with van der Waals surface area (Å²) in [5.74, 6) is -0.694. The van der Waals surface area contributed by atoms with Gasteiger partial charge in [0.05, 0.1) is 0 Å². The Balaban J connectivity index is 2.34. The van der Waals surface area contributed by atoms with Crippen molar-refractivity contribution in [3.63, 3.8) is 0 Å². The number of aromatic nitrogens is 1. The molecule has 5 nitrogen and oxygen atoms in total. The minimum absolute atomic E-state index is 0.239. The summed E-state index contributed by atoms with van der Waals surface area (Å²) in [6.07, 6.45) is 2.01. The highest BCUT2D eigenvalue weighted by atomic mass is 16.3. The topological polar surface area (TPSA) is 88.3 Å². The van der Waals surface area contributed by atoms with E-state index in [4.69, 9.17) is 5.73 Å². The van der Waals surface area contributed by atoms with Gasteiger partial charge in [-0.1, -0.05) is 23.4 Å². The number of amides is 1. The van der Waals surface area contributed by atoms with Crippen LogP contribution in [0.4, 0.5) is 0 Å². The van der Waals surface area contributed by atoms with Crippen molar-refractivity contribution in [2.24, 2.45) is 10.9 Å². The summed E-state index contributed by atoms with van der Waals surface area (Å²) in [5.41, 5.74) is 6.90. The third-order valence-corrected chi connectivity index (χ3v) is 2.54. The maximum Gasteiger partial charge on any atom is 0.246 e. The van der Waals surface area contributed by atoms with Crippen LogP contribution in [0.3, 0.4) is 0 Å². The lowest BCUT2D eigenvalue weighted by Crippen LogP contribution is -2.28. The predicted molar refractivity (Wildman–Crippen MR) is 60.8 cm³/mol. The molecule has 0 aliphatic rings. The van der Waals surface area contributed by atoms with Gasteiger partial charge in [-0.15, -0.1) is 4.91 Å². The van der Waals surface area contributed by atoms with Crippen molar-refractivity contribution >= 4 is 16.8 Å². The predicted octanol–water partition coefficient (Wildman–Crippen LogP) is 1.33. The lowest BCUT2D eigenvalue weighted by molar-refractivity contribution is -0.119. The smallest absolute Gasteiger partial charge is 0.246 e. The molecule has 82 valence electrons. The van der Waals surface area contributed by atoms with Crippen LogP contribution in [0.1, 0.15) is 5.56 Å². The Bertz CT molecular complexity index is 533. The minimum Gasteiger partial charge on any atom is -0.368 e. The molecule has 0 radical (unpaired) electrons. The zero-order valence-electron chi connectivity index (χ0n) is 8.51. The second kappa shape index (κ2) is 4.14. The second-order valence-corrected chi connectivity index (χ2v) is 3.59. The van der Waals surface area contributed by atoms with E-state index < -0.39 is 11.9 Å². The van der Waals surface area contributed by atoms with Gasteiger partial charge in [0.1, 0.15) is 0 Å². The number of hydrogen-bond donors (Lipinski definition) is 2. The van der Waals surface area contributed by atoms with Crippen molar-refractivity contribution in [2.75, 3.05) is 0 Å². The Kier molecular flexibility index (Phi) is 2.68. The van der Waals surface area contributed by atoms with Gasteiger partial charge in [0, 0.05) is 23.5 Å². The Morgan fingerprint density at radius 2 is 2.19 bits per heavy atom. The number of fused-ring (bicyclic) bond motifs is 1. The van der Waals surface area contributed by atoms with Crippen LogP contribution in [0.2, 0.25) is 0 Å². The van der Waals surface area contributed by atoms with Crippen LogP contribution in [0, 0.1) is 4.91 Å². The van der Waals surface area contributed by atoms with Gasteiger partial charge < -0.3 is 10.7 Å². The summed E-state index contributed by atoms with van der Waals surface area (Å²) in [7, 11) is 0. The molecule has 1 heterocycles. The first kappa shape index (κ1) is 10.4. The van der Waals surface area contributed by atoms with Gasteiger partial charge in [0.25, 0.3) is 0 Å². The summed E-state index contributed by atoms with van der Waals surface area (Å²) in [5, 5.41) is 3.71. The van der Waals surface area contributed by atoms with Crippen LogP contribution in [0.15, 0.2) is 35.6 Å². The number of carbonyl (C=O) groups excluding carboxylic acids is 1. The van der Waals surface area contributed by atoms with Crippen LogP contribution in [-0.4, -0.2) is 16.9 Å². The number of hydrogen-bond acceptors (Lipinski definition) is 3. The van der Waals surface area contributed by atoms with E-state index in [1.165, 1.54) is 0 Å². The number of nitrogens with two attached hydrogens (primary N) is 1. The molecule has 0 aliphatic heterocycles. The Morgan fingerprint density at radius 3 is 2.88 bits per heavy atom. The van der Waals surface area contributed by atoms with Crippen LogP contribution in [0.25, 0.3) is 10.9 Å². The molecule has 1 amide bonds. The number of nitroso groups, excluding NO2 is 1. The molecule has 0 saturated carbocycles. The lowest BCUT2D eigenvalue weighted by atomic mass is 10.1. The Hall–Kier alpha value is -2.17. The van der Waals surface area contributed by atoms with Gasteiger partial charge in [0.2, 0.25) is 5.91 Å². The largest absolute Gasteiger partial charge is 0.368 e. The van der Waals surface area contributed by atoms with Crippen LogP contribution in [-0.2, 0) is 11.2 Å². The average molecular weight is 217 g/mol. The molecule has 0 fully saturated rings. The zero-order chi connectivity index (χ0) is 11.5. The van der Waals surface area contributed by atoms with E-state index in [1.807, 2.05) is 24.3 Å². The van der Waals surface area contributed by atoms with Crippen LogP contribution >= 0.6 is 0 Å². The number of nitrogens with zero attached hydrogens (tertiary/aromatic N) is 1. The molecule has 0 bridgehead atoms. The average Bonchev–Trinajstić information content (AvgIpc) is 2.69. The number of benzene rings is 1. The highest BCUT2D eigenvalue weighted by Gasteiger charge is 2.18. The molecule has 1 atom stereocenters. The summed E-state index contributed by atoms with van der Waals surface area (Å²) in [6.45, 7) is 0. The van der Waals surface area contributed by atoms with Crippen molar-refractivity contribution in [1.82, 2.24) is 4.98 Å². The first-order valence-corrected chi connectivity index (χ1v) is 4.89. The van der Waals surface area contributed by atoms with E-state index in [0.717, 1.165) is 16.5 Å². The lowest BCUT2D eigenvalue weighted by Gasteiger charge is -2.03. The summed E-state index contributed by atoms with van der Waals surface area (Å²) < 4.78 is 0. The van der Waals surface area contributed by atoms with Crippen molar-refractivity contribution in [3.05, 3.63) is 40.9 Å². The van der Waals surface area contributed by atoms with Crippen LogP contribution in [0.5, 0.6) is 0 Å². The van der Waals surface area contributed by atoms with Crippen molar-refractivity contribution in [2.45, 2.75) is 12.5 Å². The first-order chi connectivity index (χ1) is 7.72. The van der Waals surface area contributed by atoms with Crippen LogP contribution < -0.4 is 5.73 Å². The highest BCUT2D eigenvalue weighted by Crippen LogP contribution is 2.19. The quantitative estimate of drug-likeness (QED) is 0.756. The van der Waals surface area contributed by atoms with Gasteiger partial charge in [-0.2, -0.15) is 0 Å². The summed E-state index contributed by atoms with van der Waals surface area (Å²) >= 11 is 0. The Labute approximate surface area is 91.6 Å². The molecule has 3 N–H and O–H groups in total. The van der Waals surface area contributed by atoms with Crippen molar-refractivity contribution in [3.8, 4) is 0 Å². The van der Waals surface area contributed by atoms with Gasteiger partial charge >= 0.3 is 0 Å². The molecule has 2 aromatic rings. The number of H-pyrrole nitrogens is 1. The molecular formula is C11H11N3O2. The third kappa shape index (κ3) is 1.79. The van der Waals surface area contributed by atoms with E-state index in [-0.39, 0.29) is 6.42 Å². The summed E-state index contributed by atoms with van der Waals surface area (Å²) in [6, 6.07) is 6.65. The van der Waals surface area contributed by atoms with Gasteiger partial charge in [-0.3, -0.25) is 4.79 Å². The second-order valence-electron chi connectivity index (χ2n) is 3.59. The van der Waals surface area contributed by atoms with Gasteiger partial charge in [-0.25, -0.2) is 0 Å². The standard InChI is InChI=1S/C11H11N3O2/c12-11(15)10(14-16)5-7-6-13-9-4-2-1-3-8(7)9/h1-4,6,10,13H,5H2,(H2,12,15)/t10-/m0/s1. The summed E-state index contributed by atoms with van der Waals surface area (Å²) in [4.78, 5) is 24.4. The van der Waals surface area contributed by atoms with Gasteiger partial charge in [0.15, 0.2) is 6.04 Å².